The van der Waals surface area contributed by atoms with Gasteiger partial charge in [-0.15, -0.1) is 0 Å². The maximum absolute atomic E-state index is 13.4. The maximum atomic E-state index is 13.4. The van der Waals surface area contributed by atoms with Gasteiger partial charge in [-0.05, 0) is 51.8 Å². The Balaban J connectivity index is 2.32. The van der Waals surface area contributed by atoms with Crippen LogP contribution in [0, 0.1) is 6.92 Å². The van der Waals surface area contributed by atoms with E-state index in [-0.39, 0.29) is 23.9 Å². The molecule has 0 bridgehead atoms. The first-order valence-corrected chi connectivity index (χ1v) is 12.5. The molecule has 0 aliphatic rings. The SMILES string of the molecule is CCC(C(=O)NC(C)(C)C)N(Cc1ccccc1)C(=O)CN(C)S(=O)(=O)c1ccc(C)cc1. The number of carbonyl (C=O) groups is 2. The van der Waals surface area contributed by atoms with Crippen molar-refractivity contribution in [1.29, 1.82) is 0 Å². The summed E-state index contributed by atoms with van der Waals surface area (Å²) in [5.74, 6) is -0.703. The Morgan fingerprint density at radius 3 is 2.09 bits per heavy atom. The van der Waals surface area contributed by atoms with Gasteiger partial charge in [-0.25, -0.2) is 8.42 Å². The molecule has 2 rings (SSSR count). The lowest BCUT2D eigenvalue weighted by Gasteiger charge is -2.34. The molecule has 1 N–H and O–H groups in total. The molecule has 7 nitrogen and oxygen atoms in total. The molecule has 2 aromatic carbocycles. The van der Waals surface area contributed by atoms with E-state index in [0.717, 1.165) is 15.4 Å². The number of sulfonamides is 1. The van der Waals surface area contributed by atoms with Crippen LogP contribution >= 0.6 is 0 Å². The van der Waals surface area contributed by atoms with Crippen LogP contribution in [0.15, 0.2) is 59.5 Å². The number of carbonyl (C=O) groups excluding carboxylic acids is 2. The lowest BCUT2D eigenvalue weighted by Crippen LogP contribution is -2.55. The van der Waals surface area contributed by atoms with Gasteiger partial charge in [0, 0.05) is 19.1 Å². The second kappa shape index (κ2) is 10.9. The molecule has 0 aliphatic heterocycles. The Kier molecular flexibility index (Phi) is 8.80. The number of nitrogens with one attached hydrogen (secondary N) is 1. The minimum absolute atomic E-state index is 0.121. The van der Waals surface area contributed by atoms with Crippen molar-refractivity contribution in [1.82, 2.24) is 14.5 Å². The van der Waals surface area contributed by atoms with Crippen LogP contribution in [0.5, 0.6) is 0 Å². The van der Waals surface area contributed by atoms with Crippen LogP contribution in [0.4, 0.5) is 0 Å². The van der Waals surface area contributed by atoms with Gasteiger partial charge < -0.3 is 10.2 Å². The van der Waals surface area contributed by atoms with E-state index in [1.807, 2.05) is 65.0 Å². The number of hydrogen-bond acceptors (Lipinski definition) is 4. The van der Waals surface area contributed by atoms with E-state index in [1.165, 1.54) is 24.1 Å². The van der Waals surface area contributed by atoms with Crippen molar-refractivity contribution >= 4 is 21.8 Å². The molecule has 0 aromatic heterocycles. The first-order chi connectivity index (χ1) is 15.3. The lowest BCUT2D eigenvalue weighted by molar-refractivity contribution is -0.142. The summed E-state index contributed by atoms with van der Waals surface area (Å²) in [5, 5.41) is 2.94. The van der Waals surface area contributed by atoms with Gasteiger partial charge in [0.25, 0.3) is 0 Å². The van der Waals surface area contributed by atoms with Crippen LogP contribution in [0.3, 0.4) is 0 Å². The lowest BCUT2D eigenvalue weighted by atomic mass is 10.1. The zero-order chi connectivity index (χ0) is 24.8. The largest absolute Gasteiger partial charge is 0.350 e. The smallest absolute Gasteiger partial charge is 0.243 e. The van der Waals surface area contributed by atoms with Crippen LogP contribution in [0.1, 0.15) is 45.2 Å². The average molecular weight is 474 g/mol. The third kappa shape index (κ3) is 7.40. The number of rotatable bonds is 9. The van der Waals surface area contributed by atoms with E-state index in [0.29, 0.717) is 6.42 Å². The molecular formula is C25H35N3O4S. The van der Waals surface area contributed by atoms with E-state index in [9.17, 15) is 18.0 Å². The minimum Gasteiger partial charge on any atom is -0.350 e. The van der Waals surface area contributed by atoms with Crippen LogP contribution < -0.4 is 5.32 Å². The molecule has 2 aromatic rings. The van der Waals surface area contributed by atoms with Crippen LogP contribution in [-0.4, -0.2) is 54.6 Å². The van der Waals surface area contributed by atoms with Crippen molar-refractivity contribution in [3.63, 3.8) is 0 Å². The van der Waals surface area contributed by atoms with Crippen molar-refractivity contribution in [2.45, 2.75) is 64.1 Å². The normalized spacial score (nSPS) is 12.9. The molecule has 1 unspecified atom stereocenters. The summed E-state index contributed by atoms with van der Waals surface area (Å²) < 4.78 is 27.0. The Labute approximate surface area is 197 Å². The summed E-state index contributed by atoms with van der Waals surface area (Å²) in [6.07, 6.45) is 0.398. The van der Waals surface area contributed by atoms with Crippen LogP contribution in [0.25, 0.3) is 0 Å². The number of amides is 2. The fraction of sp³-hybridized carbons (Fsp3) is 0.440. The highest BCUT2D eigenvalue weighted by atomic mass is 32.2. The zero-order valence-corrected chi connectivity index (χ0v) is 21.1. The van der Waals surface area contributed by atoms with E-state index < -0.39 is 27.5 Å². The van der Waals surface area contributed by atoms with Gasteiger partial charge >= 0.3 is 0 Å². The molecule has 0 heterocycles. The highest BCUT2D eigenvalue weighted by Crippen LogP contribution is 2.18. The van der Waals surface area contributed by atoms with Gasteiger partial charge in [0.15, 0.2) is 0 Å². The number of likely N-dealkylation sites (N-methyl/N-ethyl adjacent to an activating group) is 1. The van der Waals surface area contributed by atoms with Crippen molar-refractivity contribution in [3.8, 4) is 0 Å². The molecule has 1 atom stereocenters. The summed E-state index contributed by atoms with van der Waals surface area (Å²) in [6.45, 7) is 9.18. The molecular weight excluding hydrogens is 438 g/mol. The first kappa shape index (κ1) is 26.5. The fourth-order valence-corrected chi connectivity index (χ4v) is 4.53. The van der Waals surface area contributed by atoms with Crippen LogP contribution in [0.2, 0.25) is 0 Å². The number of hydrogen-bond donors (Lipinski definition) is 1. The zero-order valence-electron chi connectivity index (χ0n) is 20.3. The third-order valence-electron chi connectivity index (χ3n) is 5.17. The molecule has 0 saturated heterocycles. The number of aryl methyl sites for hydroxylation is 1. The standard InChI is InChI=1S/C25H35N3O4S/c1-7-22(24(30)26-25(3,4)5)28(17-20-11-9-8-10-12-20)23(29)18-27(6)33(31,32)21-15-13-19(2)14-16-21/h8-16,22H,7,17-18H2,1-6H3,(H,26,30). The molecule has 180 valence electrons. The second-order valence-corrected chi connectivity index (χ2v) is 11.3. The molecule has 0 spiro atoms. The first-order valence-electron chi connectivity index (χ1n) is 11.0. The van der Waals surface area contributed by atoms with Gasteiger partial charge in [-0.1, -0.05) is 55.0 Å². The van der Waals surface area contributed by atoms with E-state index in [4.69, 9.17) is 0 Å². The molecule has 33 heavy (non-hydrogen) atoms. The topological polar surface area (TPSA) is 86.8 Å². The van der Waals surface area contributed by atoms with Gasteiger partial charge in [-0.3, -0.25) is 9.59 Å². The van der Waals surface area contributed by atoms with Crippen LogP contribution in [-0.2, 0) is 26.2 Å². The summed E-state index contributed by atoms with van der Waals surface area (Å²) in [5.41, 5.74) is 1.34. The van der Waals surface area contributed by atoms with E-state index >= 15 is 0 Å². The predicted octanol–water partition coefficient (Wildman–Crippen LogP) is 3.34. The predicted molar refractivity (Wildman–Crippen MR) is 130 cm³/mol. The Morgan fingerprint density at radius 1 is 1.00 bits per heavy atom. The fourth-order valence-electron chi connectivity index (χ4n) is 3.41. The van der Waals surface area contributed by atoms with Crippen molar-refractivity contribution < 1.29 is 18.0 Å². The quantitative estimate of drug-likeness (QED) is 0.605. The highest BCUT2D eigenvalue weighted by Gasteiger charge is 2.33. The summed E-state index contributed by atoms with van der Waals surface area (Å²) in [7, 11) is -2.47. The Hall–Kier alpha value is -2.71. The third-order valence-corrected chi connectivity index (χ3v) is 6.98. The molecule has 8 heteroatoms. The number of benzene rings is 2. The molecule has 0 aliphatic carbocycles. The molecule has 0 radical (unpaired) electrons. The monoisotopic (exact) mass is 473 g/mol. The Morgan fingerprint density at radius 2 is 1.58 bits per heavy atom. The molecule has 0 saturated carbocycles. The minimum atomic E-state index is -3.85. The van der Waals surface area contributed by atoms with Gasteiger partial charge in [0.1, 0.15) is 6.04 Å². The second-order valence-electron chi connectivity index (χ2n) is 9.24. The van der Waals surface area contributed by atoms with Gasteiger partial charge in [0.2, 0.25) is 21.8 Å². The van der Waals surface area contributed by atoms with E-state index in [1.54, 1.807) is 12.1 Å². The van der Waals surface area contributed by atoms with Crippen molar-refractivity contribution in [3.05, 3.63) is 65.7 Å². The van der Waals surface area contributed by atoms with Crippen molar-refractivity contribution in [2.24, 2.45) is 0 Å². The Bertz CT molecular complexity index is 1050. The maximum Gasteiger partial charge on any atom is 0.243 e. The highest BCUT2D eigenvalue weighted by molar-refractivity contribution is 7.89. The summed E-state index contributed by atoms with van der Waals surface area (Å²) in [4.78, 5) is 28.0. The van der Waals surface area contributed by atoms with Gasteiger partial charge in [-0.2, -0.15) is 4.31 Å². The van der Waals surface area contributed by atoms with Crippen molar-refractivity contribution in [2.75, 3.05) is 13.6 Å². The molecule has 2 amide bonds. The number of nitrogens with zero attached hydrogens (tertiary/aromatic N) is 2. The van der Waals surface area contributed by atoms with Gasteiger partial charge in [0.05, 0.1) is 11.4 Å². The van der Waals surface area contributed by atoms with E-state index in [2.05, 4.69) is 5.32 Å². The summed E-state index contributed by atoms with van der Waals surface area (Å²) >= 11 is 0. The average Bonchev–Trinajstić information content (AvgIpc) is 2.73. The summed E-state index contributed by atoms with van der Waals surface area (Å²) in [6, 6.07) is 15.1. The molecule has 0 fully saturated rings.